The van der Waals surface area contributed by atoms with Crippen molar-refractivity contribution in [3.8, 4) is 0 Å². The summed E-state index contributed by atoms with van der Waals surface area (Å²) in [6.07, 6.45) is -3.61. The number of hydrogen-bond acceptors (Lipinski definition) is 2. The van der Waals surface area contributed by atoms with Gasteiger partial charge in [-0.25, -0.2) is 0 Å². The van der Waals surface area contributed by atoms with Crippen LogP contribution in [0.5, 0.6) is 0 Å². The molecule has 1 heterocycles. The number of nitrogens with zero attached hydrogens (tertiary/aromatic N) is 1. The molecule has 2 rings (SSSR count). The van der Waals surface area contributed by atoms with E-state index in [0.29, 0.717) is 18.7 Å². The third kappa shape index (κ3) is 4.70. The number of halogens is 4. The molecule has 7 heteroatoms. The van der Waals surface area contributed by atoms with E-state index in [9.17, 15) is 18.0 Å². The molecule has 1 aliphatic rings. The highest BCUT2D eigenvalue weighted by Gasteiger charge is 2.43. The molecule has 0 bridgehead atoms. The lowest BCUT2D eigenvalue weighted by atomic mass is 9.96. The number of amides is 1. The molecule has 0 spiro atoms. The van der Waals surface area contributed by atoms with Gasteiger partial charge in [0.1, 0.15) is 0 Å². The normalized spacial score (nSPS) is 21.0. The molecular formula is C16H20BrF3N2O. The highest BCUT2D eigenvalue weighted by atomic mass is 79.9. The molecule has 23 heavy (non-hydrogen) atoms. The van der Waals surface area contributed by atoms with Gasteiger partial charge in [0.25, 0.3) is 0 Å². The Morgan fingerprint density at radius 3 is 2.74 bits per heavy atom. The summed E-state index contributed by atoms with van der Waals surface area (Å²) in [6.45, 7) is 3.98. The van der Waals surface area contributed by atoms with Crippen molar-refractivity contribution in [1.82, 2.24) is 4.90 Å². The van der Waals surface area contributed by atoms with E-state index in [4.69, 9.17) is 0 Å². The van der Waals surface area contributed by atoms with Crippen LogP contribution in [-0.4, -0.2) is 36.1 Å². The van der Waals surface area contributed by atoms with Gasteiger partial charge in [0, 0.05) is 11.0 Å². The van der Waals surface area contributed by atoms with Gasteiger partial charge in [-0.05, 0) is 66.9 Å². The molecule has 1 amide bonds. The smallest absolute Gasteiger partial charge is 0.324 e. The molecule has 0 saturated carbocycles. The topological polar surface area (TPSA) is 32.3 Å². The molecule has 0 radical (unpaired) electrons. The maximum absolute atomic E-state index is 12.9. The number of likely N-dealkylation sites (tertiary alicyclic amines) is 1. The quantitative estimate of drug-likeness (QED) is 0.828. The zero-order valence-electron chi connectivity index (χ0n) is 13.1. The zero-order chi connectivity index (χ0) is 17.2. The summed E-state index contributed by atoms with van der Waals surface area (Å²) >= 11 is 3.38. The van der Waals surface area contributed by atoms with Gasteiger partial charge in [-0.1, -0.05) is 6.07 Å². The highest BCUT2D eigenvalue weighted by Crippen LogP contribution is 2.34. The van der Waals surface area contributed by atoms with Crippen LogP contribution in [-0.2, 0) is 4.79 Å². The number of carbonyl (C=O) groups excluding carboxylic acids is 1. The summed E-state index contributed by atoms with van der Waals surface area (Å²) in [6, 6.07) is 4.92. The summed E-state index contributed by atoms with van der Waals surface area (Å²) in [4.78, 5) is 14.0. The average Bonchev–Trinajstić information content (AvgIpc) is 2.48. The summed E-state index contributed by atoms with van der Waals surface area (Å²) in [5.41, 5.74) is 1.67. The minimum atomic E-state index is -4.20. The first-order valence-corrected chi connectivity index (χ1v) is 8.35. The molecule has 0 aliphatic carbocycles. The lowest BCUT2D eigenvalue weighted by Gasteiger charge is -2.36. The number of hydrogen-bond donors (Lipinski definition) is 1. The molecule has 1 saturated heterocycles. The molecule has 1 aromatic rings. The van der Waals surface area contributed by atoms with Gasteiger partial charge in [-0.3, -0.25) is 9.69 Å². The van der Waals surface area contributed by atoms with Gasteiger partial charge in [0.2, 0.25) is 5.91 Å². The van der Waals surface area contributed by atoms with Gasteiger partial charge < -0.3 is 5.32 Å². The number of aryl methyl sites for hydroxylation is 1. The summed E-state index contributed by atoms with van der Waals surface area (Å²) < 4.78 is 39.4. The molecule has 128 valence electrons. The second-order valence-corrected chi connectivity index (χ2v) is 6.88. The number of nitrogens with one attached hydrogen (secondary N) is 1. The predicted molar refractivity (Wildman–Crippen MR) is 87.3 cm³/mol. The van der Waals surface area contributed by atoms with Gasteiger partial charge in [0.15, 0.2) is 0 Å². The van der Waals surface area contributed by atoms with E-state index in [2.05, 4.69) is 21.2 Å². The standard InChI is InChI=1S/C16H20BrF3N2O/c1-10-5-6-14(13(17)8-10)21-15(23)11(2)22-7-3-4-12(9-22)16(18,19)20/h5-6,8,11-12H,3-4,7,9H2,1-2H3,(H,21,23)/t11-,12+/m0/s1. The SMILES string of the molecule is Cc1ccc(NC(=O)[C@H](C)N2CCC[C@@H](C(F)(F)F)C2)c(Br)c1. The Balaban J connectivity index is 2.01. The van der Waals surface area contributed by atoms with E-state index in [-0.39, 0.29) is 18.9 Å². The molecule has 0 aromatic heterocycles. The maximum Gasteiger partial charge on any atom is 0.393 e. The molecular weight excluding hydrogens is 373 g/mol. The van der Waals surface area contributed by atoms with E-state index >= 15 is 0 Å². The second kappa shape index (κ2) is 7.21. The fourth-order valence-corrected chi connectivity index (χ4v) is 3.34. The van der Waals surface area contributed by atoms with E-state index in [0.717, 1.165) is 10.0 Å². The van der Waals surface area contributed by atoms with Crippen LogP contribution in [0.15, 0.2) is 22.7 Å². The molecule has 1 fully saturated rings. The van der Waals surface area contributed by atoms with E-state index in [1.54, 1.807) is 17.9 Å². The average molecular weight is 393 g/mol. The van der Waals surface area contributed by atoms with Gasteiger partial charge in [0.05, 0.1) is 17.6 Å². The van der Waals surface area contributed by atoms with Gasteiger partial charge >= 0.3 is 6.18 Å². The van der Waals surface area contributed by atoms with Crippen LogP contribution in [0.4, 0.5) is 18.9 Å². The Bertz CT molecular complexity index is 577. The van der Waals surface area contributed by atoms with Crippen molar-refractivity contribution in [3.05, 3.63) is 28.2 Å². The van der Waals surface area contributed by atoms with Crippen molar-refractivity contribution in [2.45, 2.75) is 38.9 Å². The fourth-order valence-electron chi connectivity index (χ4n) is 2.75. The Morgan fingerprint density at radius 1 is 1.43 bits per heavy atom. The van der Waals surface area contributed by atoms with Gasteiger partial charge in [-0.15, -0.1) is 0 Å². The van der Waals surface area contributed by atoms with E-state index < -0.39 is 18.1 Å². The molecule has 3 nitrogen and oxygen atoms in total. The number of carbonyl (C=O) groups is 1. The second-order valence-electron chi connectivity index (χ2n) is 6.02. The lowest BCUT2D eigenvalue weighted by molar-refractivity contribution is -0.188. The molecule has 1 N–H and O–H groups in total. The molecule has 2 atom stereocenters. The van der Waals surface area contributed by atoms with Crippen LogP contribution in [0.1, 0.15) is 25.3 Å². The number of piperidine rings is 1. The third-order valence-electron chi connectivity index (χ3n) is 4.23. The lowest BCUT2D eigenvalue weighted by Crippen LogP contribution is -2.49. The van der Waals surface area contributed by atoms with Crippen LogP contribution in [0, 0.1) is 12.8 Å². The number of benzene rings is 1. The number of alkyl halides is 3. The van der Waals surface area contributed by atoms with Crippen molar-refractivity contribution in [3.63, 3.8) is 0 Å². The first-order valence-electron chi connectivity index (χ1n) is 7.56. The molecule has 0 unspecified atom stereocenters. The van der Waals surface area contributed by atoms with Crippen molar-refractivity contribution < 1.29 is 18.0 Å². The van der Waals surface area contributed by atoms with Gasteiger partial charge in [-0.2, -0.15) is 13.2 Å². The minimum Gasteiger partial charge on any atom is -0.324 e. The van der Waals surface area contributed by atoms with E-state index in [1.807, 2.05) is 19.1 Å². The minimum absolute atomic E-state index is 0.118. The maximum atomic E-state index is 12.9. The summed E-state index contributed by atoms with van der Waals surface area (Å²) in [7, 11) is 0. The van der Waals surface area contributed by atoms with Crippen LogP contribution in [0.2, 0.25) is 0 Å². The Morgan fingerprint density at radius 2 is 2.13 bits per heavy atom. The predicted octanol–water partition coefficient (Wildman–Crippen LogP) is 4.36. The molecule has 1 aromatic carbocycles. The Kier molecular flexibility index (Phi) is 5.73. The number of rotatable bonds is 3. The summed E-state index contributed by atoms with van der Waals surface area (Å²) in [5, 5.41) is 2.78. The van der Waals surface area contributed by atoms with Crippen LogP contribution < -0.4 is 5.32 Å². The van der Waals surface area contributed by atoms with Crippen LogP contribution >= 0.6 is 15.9 Å². The zero-order valence-corrected chi connectivity index (χ0v) is 14.7. The van der Waals surface area contributed by atoms with Crippen molar-refractivity contribution in [1.29, 1.82) is 0 Å². The Labute approximate surface area is 142 Å². The Hall–Kier alpha value is -1.08. The fraction of sp³-hybridized carbons (Fsp3) is 0.562. The number of anilines is 1. The van der Waals surface area contributed by atoms with Crippen molar-refractivity contribution >= 4 is 27.5 Å². The first-order chi connectivity index (χ1) is 10.7. The third-order valence-corrected chi connectivity index (χ3v) is 4.88. The van der Waals surface area contributed by atoms with Crippen LogP contribution in [0.25, 0.3) is 0 Å². The van der Waals surface area contributed by atoms with Crippen molar-refractivity contribution in [2.75, 3.05) is 18.4 Å². The van der Waals surface area contributed by atoms with E-state index in [1.165, 1.54) is 0 Å². The highest BCUT2D eigenvalue weighted by molar-refractivity contribution is 9.10. The van der Waals surface area contributed by atoms with Crippen LogP contribution in [0.3, 0.4) is 0 Å². The largest absolute Gasteiger partial charge is 0.393 e. The first kappa shape index (κ1) is 18.3. The summed E-state index contributed by atoms with van der Waals surface area (Å²) in [5.74, 6) is -1.64. The monoisotopic (exact) mass is 392 g/mol. The molecule has 1 aliphatic heterocycles. The van der Waals surface area contributed by atoms with Crippen molar-refractivity contribution in [2.24, 2.45) is 5.92 Å².